The number of rotatable bonds is 9. The molecule has 4 heteroatoms. The van der Waals surface area contributed by atoms with Crippen LogP contribution in [0.2, 0.25) is 0 Å². The van der Waals surface area contributed by atoms with E-state index in [1.54, 1.807) is 18.8 Å². The van der Waals surface area contributed by atoms with E-state index < -0.39 is 0 Å². The average molecular weight is 698 g/mol. The molecule has 0 unspecified atom stereocenters. The van der Waals surface area contributed by atoms with Gasteiger partial charge in [-0.05, 0) is 49.4 Å². The molecule has 0 atom stereocenters. The van der Waals surface area contributed by atoms with E-state index in [9.17, 15) is 0 Å². The van der Waals surface area contributed by atoms with Crippen LogP contribution in [0.25, 0.3) is 0 Å². The van der Waals surface area contributed by atoms with Crippen LogP contribution in [0.1, 0.15) is 12.8 Å². The van der Waals surface area contributed by atoms with Crippen molar-refractivity contribution in [1.29, 1.82) is 0 Å². The topological polar surface area (TPSA) is 0 Å². The molecule has 0 amide bonds. The zero-order chi connectivity index (χ0) is 25.1. The Bertz CT molecular complexity index is 882. The van der Waals surface area contributed by atoms with E-state index in [2.05, 4.69) is 144 Å². The molecule has 35 heavy (non-hydrogen) atoms. The van der Waals surface area contributed by atoms with Gasteiger partial charge in [-0.3, -0.25) is 0 Å². The first kappa shape index (κ1) is 29.7. The van der Waals surface area contributed by atoms with Gasteiger partial charge in [0.1, 0.15) is 0 Å². The van der Waals surface area contributed by atoms with Crippen LogP contribution >= 0.6 is 25.3 Å². The summed E-state index contributed by atoms with van der Waals surface area (Å²) >= 11 is 1.61. The van der Waals surface area contributed by atoms with Gasteiger partial charge in [-0.25, -0.2) is 0 Å². The van der Waals surface area contributed by atoms with Gasteiger partial charge >= 0.3 is 28.2 Å². The van der Waals surface area contributed by atoms with Crippen molar-refractivity contribution < 1.29 is 18.8 Å². The van der Waals surface area contributed by atoms with Crippen LogP contribution in [0.4, 0.5) is 0 Å². The smallest absolute Gasteiger partial charge is 0.0195 e. The predicted molar refractivity (Wildman–Crippen MR) is 159 cm³/mol. The van der Waals surface area contributed by atoms with Crippen molar-refractivity contribution in [3.05, 3.63) is 141 Å². The Morgan fingerprint density at radius 3 is 1.00 bits per heavy atom. The summed E-state index contributed by atoms with van der Waals surface area (Å²) in [7, 11) is 3.92. The summed E-state index contributed by atoms with van der Waals surface area (Å²) in [5.41, 5.74) is 0. The molecule has 0 bridgehead atoms. The first-order valence-electron chi connectivity index (χ1n) is 11.6. The molecule has 0 aromatic heterocycles. The number of hydrogen-bond donors (Lipinski definition) is 0. The second-order valence-electron chi connectivity index (χ2n) is 7.58. The van der Waals surface area contributed by atoms with Crippen LogP contribution < -0.4 is 21.2 Å². The van der Waals surface area contributed by atoms with E-state index in [0.29, 0.717) is 0 Å². The fourth-order valence-corrected chi connectivity index (χ4v) is 8.95. The molecular weight excluding hydrogens is 665 g/mol. The largest absolute Gasteiger partial charge is 0.0622 e. The Morgan fingerprint density at radius 1 is 0.571 bits per heavy atom. The van der Waals surface area contributed by atoms with Gasteiger partial charge in [0, 0.05) is 0 Å². The van der Waals surface area contributed by atoms with E-state index in [1.807, 2.05) is 6.08 Å². The van der Waals surface area contributed by atoms with E-state index in [4.69, 9.17) is 0 Å². The van der Waals surface area contributed by atoms with E-state index in [0.717, 1.165) is 12.8 Å². The number of benzene rings is 4. The molecule has 0 fully saturated rings. The summed E-state index contributed by atoms with van der Waals surface area (Å²) in [6.07, 6.45) is 6.30. The van der Waals surface area contributed by atoms with Crippen molar-refractivity contribution >= 4 is 46.5 Å². The van der Waals surface area contributed by atoms with Crippen molar-refractivity contribution in [1.82, 2.24) is 0 Å². The van der Waals surface area contributed by atoms with E-state index in [-0.39, 0.29) is 15.8 Å². The summed E-state index contributed by atoms with van der Waals surface area (Å²) in [4.78, 5) is 0. The van der Waals surface area contributed by atoms with Crippen molar-refractivity contribution in [3.63, 3.8) is 0 Å². The maximum Gasteiger partial charge on any atom is -0.0195 e. The third-order valence-corrected chi connectivity index (χ3v) is 10.6. The minimum absolute atomic E-state index is 0.348. The van der Waals surface area contributed by atoms with Gasteiger partial charge in [0.15, 0.2) is 0 Å². The number of allylic oxidation sites excluding steroid dienone is 1. The summed E-state index contributed by atoms with van der Waals surface area (Å²) in [6, 6.07) is 44.2. The van der Waals surface area contributed by atoms with Crippen molar-refractivity contribution in [2.45, 2.75) is 12.8 Å². The van der Waals surface area contributed by atoms with Crippen LogP contribution in [-0.2, 0) is 18.8 Å². The van der Waals surface area contributed by atoms with Gasteiger partial charge in [-0.1, -0.05) is 134 Å². The first-order valence-corrected chi connectivity index (χ1v) is 17.5. The van der Waals surface area contributed by atoms with E-state index >= 15 is 0 Å². The minimum atomic E-state index is -0.348. The molecule has 0 saturated carbocycles. The molecule has 4 aromatic rings. The number of unbranched alkanes of at least 4 members (excludes halogenated alkanes) is 1. The van der Waals surface area contributed by atoms with Gasteiger partial charge in [0.2, 0.25) is 0 Å². The van der Waals surface area contributed by atoms with Crippen molar-refractivity contribution in [2.75, 3.05) is 12.3 Å². The molecule has 0 aliphatic heterocycles. The van der Waals surface area contributed by atoms with Crippen LogP contribution in [0.15, 0.2) is 134 Å². The SMILES string of the molecule is C=CCC[CH2-].[Cl][Pt+].c1ccc(P(CCP(c2ccccc2)c2ccccc2)c2ccccc2)cc1. The van der Waals surface area contributed by atoms with Crippen molar-refractivity contribution in [3.8, 4) is 0 Å². The molecule has 184 valence electrons. The maximum atomic E-state index is 4.61. The molecule has 0 N–H and O–H groups in total. The monoisotopic (exact) mass is 697 g/mol. The second-order valence-corrected chi connectivity index (χ2v) is 12.2. The van der Waals surface area contributed by atoms with Crippen LogP contribution in [0.3, 0.4) is 0 Å². The molecule has 0 radical (unpaired) electrons. The Morgan fingerprint density at radius 2 is 0.829 bits per heavy atom. The van der Waals surface area contributed by atoms with Gasteiger partial charge < -0.3 is 6.92 Å². The Kier molecular flexibility index (Phi) is 15.9. The summed E-state index contributed by atoms with van der Waals surface area (Å²) in [6.45, 7) is 7.11. The molecule has 4 rings (SSSR count). The Labute approximate surface area is 230 Å². The van der Waals surface area contributed by atoms with Gasteiger partial charge in [-0.2, -0.15) is 6.42 Å². The third kappa shape index (κ3) is 10.5. The molecular formula is C31H33ClP2Pt. The van der Waals surface area contributed by atoms with Gasteiger partial charge in [0.25, 0.3) is 0 Å². The molecule has 0 saturated heterocycles. The second kappa shape index (κ2) is 18.7. The van der Waals surface area contributed by atoms with Gasteiger partial charge in [0.05, 0.1) is 0 Å². The Hall–Kier alpha value is -1.54. The fourth-order valence-electron chi connectivity index (χ4n) is 3.59. The molecule has 0 nitrogen and oxygen atoms in total. The average Bonchev–Trinajstić information content (AvgIpc) is 2.95. The predicted octanol–water partition coefficient (Wildman–Crippen LogP) is 7.73. The van der Waals surface area contributed by atoms with Crippen molar-refractivity contribution in [2.24, 2.45) is 0 Å². The normalized spacial score (nSPS) is 10.1. The van der Waals surface area contributed by atoms with Crippen LogP contribution in [0.5, 0.6) is 0 Å². The summed E-state index contributed by atoms with van der Waals surface area (Å²) < 4.78 is 0. The zero-order valence-corrected chi connectivity index (χ0v) is 24.8. The minimum Gasteiger partial charge on any atom is -0.0622 e. The van der Waals surface area contributed by atoms with Crippen LogP contribution in [0, 0.1) is 6.92 Å². The summed E-state index contributed by atoms with van der Waals surface area (Å²) in [5.74, 6) is 0. The summed E-state index contributed by atoms with van der Waals surface area (Å²) in [5, 5.41) is 5.89. The van der Waals surface area contributed by atoms with Gasteiger partial charge in [-0.15, -0.1) is 6.58 Å². The number of hydrogen-bond acceptors (Lipinski definition) is 0. The standard InChI is InChI=1S/C26H24P2.C5H9.ClH.Pt/c1-5-13-23(14-6-1)27(24-15-7-2-8-16-24)21-22-28(25-17-9-3-10-18-25)26-19-11-4-12-20-26;1-3-5-4-2;;/h1-20H,21-22H2;3H,1-2,4-5H2;1H;/q;-1;;+2/p-1. The zero-order valence-electron chi connectivity index (χ0n) is 20.0. The maximum absolute atomic E-state index is 4.61. The fraction of sp³-hybridized carbons (Fsp3) is 0.129. The quantitative estimate of drug-likeness (QED) is 0.0955. The Balaban J connectivity index is 0.000000551. The molecule has 0 aliphatic rings. The molecule has 4 aromatic carbocycles. The van der Waals surface area contributed by atoms with E-state index in [1.165, 1.54) is 33.5 Å². The number of halogens is 1. The molecule has 0 spiro atoms. The third-order valence-electron chi connectivity index (χ3n) is 5.23. The molecule has 0 heterocycles. The van der Waals surface area contributed by atoms with Crippen LogP contribution in [-0.4, -0.2) is 12.3 Å². The molecule has 0 aliphatic carbocycles. The first-order chi connectivity index (χ1) is 17.3.